The van der Waals surface area contributed by atoms with Gasteiger partial charge in [-0.25, -0.2) is 0 Å². The topological polar surface area (TPSA) is 42.4 Å². The van der Waals surface area contributed by atoms with Gasteiger partial charge in [0.25, 0.3) is 0 Å². The third-order valence-electron chi connectivity index (χ3n) is 2.73. The van der Waals surface area contributed by atoms with Gasteiger partial charge in [-0.15, -0.1) is 0 Å². The second-order valence-electron chi connectivity index (χ2n) is 4.39. The lowest BCUT2D eigenvalue weighted by Crippen LogP contribution is -2.29. The van der Waals surface area contributed by atoms with E-state index in [9.17, 15) is 4.79 Å². The molecule has 0 bridgehead atoms. The number of rotatable bonds is 5. The Morgan fingerprint density at radius 3 is 2.88 bits per heavy atom. The molecule has 17 heavy (non-hydrogen) atoms. The molecule has 1 unspecified atom stereocenters. The first-order chi connectivity index (χ1) is 8.04. The van der Waals surface area contributed by atoms with E-state index < -0.39 is 0 Å². The highest BCUT2D eigenvalue weighted by molar-refractivity contribution is 5.72. The van der Waals surface area contributed by atoms with Crippen LogP contribution in [0, 0.1) is 12.8 Å². The summed E-state index contributed by atoms with van der Waals surface area (Å²) in [6, 6.07) is 3.97. The first kappa shape index (κ1) is 13.6. The Bertz CT molecular complexity index is 379. The molecule has 1 aromatic rings. The van der Waals surface area contributed by atoms with E-state index in [1.165, 1.54) is 12.7 Å². The van der Waals surface area contributed by atoms with Gasteiger partial charge in [0.15, 0.2) is 0 Å². The van der Waals surface area contributed by atoms with Crippen molar-refractivity contribution in [2.75, 3.05) is 20.7 Å². The van der Waals surface area contributed by atoms with Gasteiger partial charge in [-0.2, -0.15) is 0 Å². The van der Waals surface area contributed by atoms with Crippen LogP contribution in [0.4, 0.5) is 0 Å². The van der Waals surface area contributed by atoms with E-state index >= 15 is 0 Å². The van der Waals surface area contributed by atoms with Crippen LogP contribution in [0.3, 0.4) is 0 Å². The fourth-order valence-electron chi connectivity index (χ4n) is 1.75. The van der Waals surface area contributed by atoms with E-state index in [1.54, 1.807) is 6.20 Å². The molecule has 4 nitrogen and oxygen atoms in total. The number of nitrogens with zero attached hydrogens (tertiary/aromatic N) is 2. The predicted octanol–water partition coefficient (Wildman–Crippen LogP) is 1.63. The average molecular weight is 236 g/mol. The number of pyridine rings is 1. The molecule has 0 aliphatic rings. The zero-order valence-electron chi connectivity index (χ0n) is 10.9. The fourth-order valence-corrected chi connectivity index (χ4v) is 1.75. The number of esters is 1. The SMILES string of the molecule is COC(=O)C(C)CN(C)Cc1ncccc1C. The van der Waals surface area contributed by atoms with Crippen LogP contribution in [0.15, 0.2) is 18.3 Å². The molecule has 4 heteroatoms. The van der Waals surface area contributed by atoms with Crippen molar-refractivity contribution in [2.45, 2.75) is 20.4 Å². The quantitative estimate of drug-likeness (QED) is 0.729. The Balaban J connectivity index is 2.53. The molecule has 1 aromatic heterocycles. The van der Waals surface area contributed by atoms with Crippen molar-refractivity contribution in [3.8, 4) is 0 Å². The van der Waals surface area contributed by atoms with Crippen LogP contribution in [0.1, 0.15) is 18.2 Å². The molecular weight excluding hydrogens is 216 g/mol. The van der Waals surface area contributed by atoms with Crippen molar-refractivity contribution >= 4 is 5.97 Å². The third kappa shape index (κ3) is 4.15. The minimum Gasteiger partial charge on any atom is -0.469 e. The fraction of sp³-hybridized carbons (Fsp3) is 0.538. The van der Waals surface area contributed by atoms with Crippen LogP contribution in [-0.4, -0.2) is 36.6 Å². The summed E-state index contributed by atoms with van der Waals surface area (Å²) in [6.45, 7) is 5.32. The van der Waals surface area contributed by atoms with Crippen LogP contribution < -0.4 is 0 Å². The molecule has 0 spiro atoms. The van der Waals surface area contributed by atoms with E-state index in [0.717, 1.165) is 12.2 Å². The van der Waals surface area contributed by atoms with Gasteiger partial charge in [0.1, 0.15) is 0 Å². The van der Waals surface area contributed by atoms with Crippen molar-refractivity contribution in [1.29, 1.82) is 0 Å². The summed E-state index contributed by atoms with van der Waals surface area (Å²) < 4.78 is 4.71. The summed E-state index contributed by atoms with van der Waals surface area (Å²) >= 11 is 0. The minimum atomic E-state index is -0.172. The maximum Gasteiger partial charge on any atom is 0.309 e. The number of methoxy groups -OCH3 is 1. The van der Waals surface area contributed by atoms with E-state index in [1.807, 2.05) is 33.0 Å². The highest BCUT2D eigenvalue weighted by Gasteiger charge is 2.15. The average Bonchev–Trinajstić information content (AvgIpc) is 2.31. The predicted molar refractivity (Wildman–Crippen MR) is 66.5 cm³/mol. The van der Waals surface area contributed by atoms with Gasteiger partial charge in [-0.05, 0) is 25.6 Å². The van der Waals surface area contributed by atoms with Gasteiger partial charge in [0.2, 0.25) is 0 Å². The number of carbonyl (C=O) groups is 1. The van der Waals surface area contributed by atoms with Crippen LogP contribution in [-0.2, 0) is 16.1 Å². The normalized spacial score (nSPS) is 12.5. The molecule has 1 rings (SSSR count). The van der Waals surface area contributed by atoms with Crippen LogP contribution >= 0.6 is 0 Å². The summed E-state index contributed by atoms with van der Waals surface area (Å²) in [7, 11) is 3.40. The summed E-state index contributed by atoms with van der Waals surface area (Å²) in [5.41, 5.74) is 2.22. The van der Waals surface area contributed by atoms with E-state index in [2.05, 4.69) is 9.88 Å². The molecule has 0 saturated heterocycles. The summed E-state index contributed by atoms with van der Waals surface area (Å²) in [6.07, 6.45) is 1.79. The molecule has 0 aliphatic heterocycles. The van der Waals surface area contributed by atoms with Crippen LogP contribution in [0.5, 0.6) is 0 Å². The molecule has 0 fully saturated rings. The maximum atomic E-state index is 11.3. The van der Waals surface area contributed by atoms with E-state index in [-0.39, 0.29) is 11.9 Å². The lowest BCUT2D eigenvalue weighted by atomic mass is 10.1. The summed E-state index contributed by atoms with van der Waals surface area (Å²) in [4.78, 5) is 17.7. The number of hydrogen-bond donors (Lipinski definition) is 0. The van der Waals surface area contributed by atoms with Crippen molar-refractivity contribution < 1.29 is 9.53 Å². The lowest BCUT2D eigenvalue weighted by molar-refractivity contribution is -0.145. The van der Waals surface area contributed by atoms with Crippen LogP contribution in [0.2, 0.25) is 0 Å². The lowest BCUT2D eigenvalue weighted by Gasteiger charge is -2.20. The highest BCUT2D eigenvalue weighted by atomic mass is 16.5. The van der Waals surface area contributed by atoms with Gasteiger partial charge in [-0.1, -0.05) is 13.0 Å². The minimum absolute atomic E-state index is 0.117. The standard InChI is InChI=1S/C13H20N2O2/c1-10-6-5-7-14-12(10)9-15(3)8-11(2)13(16)17-4/h5-7,11H,8-9H2,1-4H3. The van der Waals surface area contributed by atoms with Gasteiger partial charge >= 0.3 is 5.97 Å². The van der Waals surface area contributed by atoms with Gasteiger partial charge in [0.05, 0.1) is 18.7 Å². The molecule has 0 N–H and O–H groups in total. The smallest absolute Gasteiger partial charge is 0.309 e. The second-order valence-corrected chi connectivity index (χ2v) is 4.39. The maximum absolute atomic E-state index is 11.3. The molecule has 0 aliphatic carbocycles. The number of ether oxygens (including phenoxy) is 1. The Morgan fingerprint density at radius 2 is 2.29 bits per heavy atom. The van der Waals surface area contributed by atoms with E-state index in [4.69, 9.17) is 4.74 Å². The zero-order chi connectivity index (χ0) is 12.8. The first-order valence-corrected chi connectivity index (χ1v) is 5.71. The number of carbonyl (C=O) groups excluding carboxylic acids is 1. The Morgan fingerprint density at radius 1 is 1.59 bits per heavy atom. The second kappa shape index (κ2) is 6.35. The summed E-state index contributed by atoms with van der Waals surface area (Å²) in [5, 5.41) is 0. The van der Waals surface area contributed by atoms with Gasteiger partial charge < -0.3 is 4.74 Å². The van der Waals surface area contributed by atoms with Crippen molar-refractivity contribution in [3.63, 3.8) is 0 Å². The Hall–Kier alpha value is -1.42. The molecule has 0 aromatic carbocycles. The van der Waals surface area contributed by atoms with E-state index in [0.29, 0.717) is 6.54 Å². The molecule has 94 valence electrons. The molecule has 0 saturated carbocycles. The van der Waals surface area contributed by atoms with Gasteiger partial charge in [-0.3, -0.25) is 14.7 Å². The van der Waals surface area contributed by atoms with Crippen molar-refractivity contribution in [1.82, 2.24) is 9.88 Å². The monoisotopic (exact) mass is 236 g/mol. The largest absolute Gasteiger partial charge is 0.469 e. The van der Waals surface area contributed by atoms with Gasteiger partial charge in [0, 0.05) is 19.3 Å². The van der Waals surface area contributed by atoms with Crippen LogP contribution in [0.25, 0.3) is 0 Å². The summed E-state index contributed by atoms with van der Waals surface area (Å²) in [5.74, 6) is -0.288. The molecule has 0 amide bonds. The zero-order valence-corrected chi connectivity index (χ0v) is 10.9. The third-order valence-corrected chi connectivity index (χ3v) is 2.73. The molecule has 1 atom stereocenters. The first-order valence-electron chi connectivity index (χ1n) is 5.71. The number of aryl methyl sites for hydroxylation is 1. The molecular formula is C13H20N2O2. The molecule has 0 radical (unpaired) electrons. The highest BCUT2D eigenvalue weighted by Crippen LogP contribution is 2.08. The number of hydrogen-bond acceptors (Lipinski definition) is 4. The van der Waals surface area contributed by atoms with Crippen molar-refractivity contribution in [2.24, 2.45) is 5.92 Å². The van der Waals surface area contributed by atoms with Crippen molar-refractivity contribution in [3.05, 3.63) is 29.6 Å². The Kier molecular flexibility index (Phi) is 5.10. The molecule has 1 heterocycles. The number of aromatic nitrogens is 1. The Labute approximate surface area is 103 Å².